The van der Waals surface area contributed by atoms with E-state index >= 15 is 0 Å². The van der Waals surface area contributed by atoms with E-state index in [0.29, 0.717) is 17.8 Å². The normalized spacial score (nSPS) is 13.7. The minimum atomic E-state index is 0.0122. The van der Waals surface area contributed by atoms with Crippen LogP contribution in [0.3, 0.4) is 0 Å². The van der Waals surface area contributed by atoms with Crippen LogP contribution in [0, 0.1) is 0 Å². The Morgan fingerprint density at radius 1 is 1.32 bits per heavy atom. The van der Waals surface area contributed by atoms with E-state index in [4.69, 9.17) is 5.73 Å². The van der Waals surface area contributed by atoms with Crippen LogP contribution in [0.15, 0.2) is 31.8 Å². The van der Waals surface area contributed by atoms with Gasteiger partial charge >= 0.3 is 0 Å². The molecule has 1 aromatic carbocycles. The Bertz CT molecular complexity index is 669. The zero-order valence-electron chi connectivity index (χ0n) is 9.82. The number of anilines is 2. The van der Waals surface area contributed by atoms with Crippen LogP contribution in [0.4, 0.5) is 11.4 Å². The van der Waals surface area contributed by atoms with Gasteiger partial charge in [-0.25, -0.2) is 0 Å². The molecule has 1 aliphatic heterocycles. The highest BCUT2D eigenvalue weighted by molar-refractivity contribution is 9.12. The van der Waals surface area contributed by atoms with Crippen molar-refractivity contribution in [2.75, 3.05) is 17.2 Å². The van der Waals surface area contributed by atoms with Crippen LogP contribution in [0.25, 0.3) is 0 Å². The van der Waals surface area contributed by atoms with Crippen molar-refractivity contribution in [3.8, 4) is 0 Å². The van der Waals surface area contributed by atoms with Gasteiger partial charge in [-0.2, -0.15) is 0 Å². The fraction of sp³-hybridized carbons (Fsp3) is 0.154. The number of carbonyl (C=O) groups excluding carboxylic acids is 1. The first-order valence-corrected chi connectivity index (χ1v) is 8.11. The molecule has 0 aliphatic carbocycles. The number of fused-ring (bicyclic) bond motifs is 1. The van der Waals surface area contributed by atoms with Crippen LogP contribution < -0.4 is 10.6 Å². The predicted molar refractivity (Wildman–Crippen MR) is 86.0 cm³/mol. The third-order valence-electron chi connectivity index (χ3n) is 3.14. The first-order valence-electron chi connectivity index (χ1n) is 5.71. The molecule has 2 aromatic rings. The highest BCUT2D eigenvalue weighted by Gasteiger charge is 2.27. The molecule has 0 saturated carbocycles. The summed E-state index contributed by atoms with van der Waals surface area (Å²) in [7, 11) is 0. The summed E-state index contributed by atoms with van der Waals surface area (Å²) in [6.45, 7) is 0.706. The lowest BCUT2D eigenvalue weighted by atomic mass is 10.1. The summed E-state index contributed by atoms with van der Waals surface area (Å²) in [5, 5.41) is 0. The molecule has 98 valence electrons. The number of carbonyl (C=O) groups is 1. The molecule has 2 N–H and O–H groups in total. The number of hydrogen-bond acceptors (Lipinski definition) is 3. The zero-order chi connectivity index (χ0) is 13.6. The second kappa shape index (κ2) is 4.92. The Morgan fingerprint density at radius 3 is 2.79 bits per heavy atom. The number of nitrogens with zero attached hydrogens (tertiary/aromatic N) is 1. The van der Waals surface area contributed by atoms with E-state index < -0.39 is 0 Å². The SMILES string of the molecule is Nc1ccc2c(c1)N(C(=O)c1cc(Br)sc1Br)CC2. The molecule has 3 rings (SSSR count). The molecule has 19 heavy (non-hydrogen) atoms. The van der Waals surface area contributed by atoms with E-state index in [1.165, 1.54) is 16.9 Å². The first-order chi connectivity index (χ1) is 9.06. The molecule has 0 radical (unpaired) electrons. The predicted octanol–water partition coefficient (Wildman–Crippen LogP) is 4.06. The van der Waals surface area contributed by atoms with E-state index in [9.17, 15) is 4.79 Å². The van der Waals surface area contributed by atoms with Crippen molar-refractivity contribution in [3.63, 3.8) is 0 Å². The van der Waals surface area contributed by atoms with E-state index in [-0.39, 0.29) is 5.91 Å². The molecule has 0 bridgehead atoms. The minimum absolute atomic E-state index is 0.0122. The Kier molecular flexibility index (Phi) is 3.41. The van der Waals surface area contributed by atoms with Crippen LogP contribution in [-0.4, -0.2) is 12.5 Å². The molecule has 6 heteroatoms. The third-order valence-corrected chi connectivity index (χ3v) is 5.48. The average molecular weight is 402 g/mol. The molecule has 1 aromatic heterocycles. The average Bonchev–Trinajstić information content (AvgIpc) is 2.91. The maximum Gasteiger partial charge on any atom is 0.260 e. The van der Waals surface area contributed by atoms with Crippen molar-refractivity contribution < 1.29 is 4.79 Å². The number of benzene rings is 1. The lowest BCUT2D eigenvalue weighted by Gasteiger charge is -2.17. The lowest BCUT2D eigenvalue weighted by molar-refractivity contribution is 0.0989. The van der Waals surface area contributed by atoms with Crippen LogP contribution in [0.1, 0.15) is 15.9 Å². The summed E-state index contributed by atoms with van der Waals surface area (Å²) >= 11 is 8.34. The van der Waals surface area contributed by atoms with Gasteiger partial charge < -0.3 is 10.6 Å². The highest BCUT2D eigenvalue weighted by Crippen LogP contribution is 2.36. The number of nitrogens with two attached hydrogens (primary N) is 1. The summed E-state index contributed by atoms with van der Waals surface area (Å²) in [6.07, 6.45) is 0.879. The van der Waals surface area contributed by atoms with Gasteiger partial charge in [0.25, 0.3) is 5.91 Å². The number of nitrogen functional groups attached to an aromatic ring is 1. The van der Waals surface area contributed by atoms with E-state index in [1.807, 2.05) is 24.3 Å². The number of thiophene rings is 1. The number of hydrogen-bond donors (Lipinski definition) is 1. The molecule has 0 saturated heterocycles. The summed E-state index contributed by atoms with van der Waals surface area (Å²) in [5.41, 5.74) is 9.29. The first kappa shape index (κ1) is 13.1. The Labute approximate surface area is 131 Å². The monoisotopic (exact) mass is 400 g/mol. The molecule has 2 heterocycles. The summed E-state index contributed by atoms with van der Waals surface area (Å²) in [5.74, 6) is 0.0122. The van der Waals surface area contributed by atoms with E-state index in [1.54, 1.807) is 4.90 Å². The molecule has 0 unspecified atom stereocenters. The largest absolute Gasteiger partial charge is 0.399 e. The summed E-state index contributed by atoms with van der Waals surface area (Å²) < 4.78 is 1.79. The van der Waals surface area contributed by atoms with E-state index in [2.05, 4.69) is 31.9 Å². The fourth-order valence-corrected chi connectivity index (χ4v) is 5.02. The molecule has 1 aliphatic rings. The van der Waals surface area contributed by atoms with Crippen LogP contribution in [0.5, 0.6) is 0 Å². The molecule has 0 atom stereocenters. The van der Waals surface area contributed by atoms with Gasteiger partial charge in [-0.3, -0.25) is 4.79 Å². The van der Waals surface area contributed by atoms with E-state index in [0.717, 1.165) is 19.7 Å². The smallest absolute Gasteiger partial charge is 0.260 e. The van der Waals surface area contributed by atoms with Crippen molar-refractivity contribution in [3.05, 3.63) is 43.0 Å². The second-order valence-electron chi connectivity index (χ2n) is 4.33. The summed E-state index contributed by atoms with van der Waals surface area (Å²) in [4.78, 5) is 14.4. The molecule has 1 amide bonds. The van der Waals surface area contributed by atoms with Crippen LogP contribution >= 0.6 is 43.2 Å². The van der Waals surface area contributed by atoms with Gasteiger partial charge in [0.1, 0.15) is 0 Å². The molecule has 3 nitrogen and oxygen atoms in total. The third kappa shape index (κ3) is 2.32. The van der Waals surface area contributed by atoms with Gasteiger partial charge in [-0.05, 0) is 62.0 Å². The van der Waals surface area contributed by atoms with Crippen LogP contribution in [-0.2, 0) is 6.42 Å². The topological polar surface area (TPSA) is 46.3 Å². The van der Waals surface area contributed by atoms with Gasteiger partial charge in [0.15, 0.2) is 0 Å². The fourth-order valence-electron chi connectivity index (χ4n) is 2.24. The van der Waals surface area contributed by atoms with Gasteiger partial charge in [-0.15, -0.1) is 11.3 Å². The highest BCUT2D eigenvalue weighted by atomic mass is 79.9. The van der Waals surface area contributed by atoms with Gasteiger partial charge in [0, 0.05) is 17.9 Å². The number of rotatable bonds is 1. The number of halogens is 2. The second-order valence-corrected chi connectivity index (χ2v) is 8.08. The molecule has 0 spiro atoms. The quantitative estimate of drug-likeness (QED) is 0.732. The van der Waals surface area contributed by atoms with Crippen molar-refractivity contribution in [1.82, 2.24) is 0 Å². The maximum atomic E-state index is 12.6. The standard InChI is InChI=1S/C13H10Br2N2OS/c14-11-6-9(12(15)19-11)13(18)17-4-3-7-1-2-8(16)5-10(7)17/h1-2,5-6H,3-4,16H2. The summed E-state index contributed by atoms with van der Waals surface area (Å²) in [6, 6.07) is 7.59. The van der Waals surface area contributed by atoms with Crippen molar-refractivity contribution in [2.24, 2.45) is 0 Å². The molecule has 0 fully saturated rings. The zero-order valence-corrected chi connectivity index (χ0v) is 13.8. The molecular formula is C13H10Br2N2OS. The van der Waals surface area contributed by atoms with Crippen molar-refractivity contribution in [2.45, 2.75) is 6.42 Å². The van der Waals surface area contributed by atoms with Gasteiger partial charge in [0.05, 0.1) is 13.1 Å². The van der Waals surface area contributed by atoms with Gasteiger partial charge in [0.2, 0.25) is 0 Å². The minimum Gasteiger partial charge on any atom is -0.399 e. The number of amides is 1. The Morgan fingerprint density at radius 2 is 2.11 bits per heavy atom. The van der Waals surface area contributed by atoms with Gasteiger partial charge in [-0.1, -0.05) is 6.07 Å². The van der Waals surface area contributed by atoms with Crippen molar-refractivity contribution >= 4 is 60.5 Å². The van der Waals surface area contributed by atoms with Crippen LogP contribution in [0.2, 0.25) is 0 Å². The maximum absolute atomic E-state index is 12.6. The Balaban J connectivity index is 2.00. The van der Waals surface area contributed by atoms with Crippen molar-refractivity contribution in [1.29, 1.82) is 0 Å². The molecular weight excluding hydrogens is 392 g/mol. The lowest BCUT2D eigenvalue weighted by Crippen LogP contribution is -2.28. The Hall–Kier alpha value is -0.850.